The van der Waals surface area contributed by atoms with Crippen LogP contribution in [0.15, 0.2) is 18.5 Å². The van der Waals surface area contributed by atoms with Crippen molar-refractivity contribution in [3.05, 3.63) is 41.4 Å². The summed E-state index contributed by atoms with van der Waals surface area (Å²) in [6.45, 7) is 7.06. The highest BCUT2D eigenvalue weighted by atomic mass is 16.5. The van der Waals surface area contributed by atoms with Gasteiger partial charge in [0.05, 0.1) is 11.7 Å². The number of nitrogens with zero attached hydrogens (tertiary/aromatic N) is 6. The summed E-state index contributed by atoms with van der Waals surface area (Å²) in [5.41, 5.74) is 2.72. The molecule has 138 valence electrons. The van der Waals surface area contributed by atoms with Crippen molar-refractivity contribution in [2.45, 2.75) is 39.8 Å². The van der Waals surface area contributed by atoms with Gasteiger partial charge in [-0.15, -0.1) is 10.2 Å². The predicted octanol–water partition coefficient (Wildman–Crippen LogP) is 1.47. The fraction of sp³-hybridized carbons (Fsp3) is 0.471. The lowest BCUT2D eigenvalue weighted by atomic mass is 10.2. The third-order valence-corrected chi connectivity index (χ3v) is 4.09. The summed E-state index contributed by atoms with van der Waals surface area (Å²) >= 11 is 0. The van der Waals surface area contributed by atoms with Gasteiger partial charge in [0.25, 0.3) is 5.91 Å². The topological polar surface area (TPSA) is 99.2 Å². The van der Waals surface area contributed by atoms with Crippen LogP contribution in [0, 0.1) is 13.8 Å². The van der Waals surface area contributed by atoms with Crippen molar-refractivity contribution in [2.24, 2.45) is 0 Å². The maximum atomic E-state index is 12.6. The van der Waals surface area contributed by atoms with E-state index in [2.05, 4.69) is 25.6 Å². The molecule has 0 bridgehead atoms. The van der Waals surface area contributed by atoms with E-state index in [0.717, 1.165) is 24.4 Å². The highest BCUT2D eigenvalue weighted by molar-refractivity contribution is 5.93. The molecule has 9 heteroatoms. The summed E-state index contributed by atoms with van der Waals surface area (Å²) in [5, 5.41) is 15.4. The van der Waals surface area contributed by atoms with Gasteiger partial charge in [0.1, 0.15) is 12.0 Å². The number of fused-ring (bicyclic) bond motifs is 1. The normalized spacial score (nSPS) is 12.5. The van der Waals surface area contributed by atoms with Gasteiger partial charge >= 0.3 is 0 Å². The van der Waals surface area contributed by atoms with E-state index in [-0.39, 0.29) is 11.9 Å². The van der Waals surface area contributed by atoms with Crippen LogP contribution in [-0.4, -0.2) is 49.0 Å². The second kappa shape index (κ2) is 7.61. The molecule has 1 unspecified atom stereocenters. The van der Waals surface area contributed by atoms with Gasteiger partial charge in [0.15, 0.2) is 11.5 Å². The van der Waals surface area contributed by atoms with Crippen molar-refractivity contribution in [1.29, 1.82) is 0 Å². The van der Waals surface area contributed by atoms with Crippen LogP contribution in [0.4, 0.5) is 0 Å². The van der Waals surface area contributed by atoms with Gasteiger partial charge < -0.3 is 14.6 Å². The Bertz CT molecular complexity index is 915. The molecule has 3 aromatic rings. The minimum absolute atomic E-state index is 0.256. The molecule has 3 rings (SSSR count). The molecule has 3 heterocycles. The first-order valence-corrected chi connectivity index (χ1v) is 8.51. The molecule has 0 aliphatic heterocycles. The molecule has 3 aromatic heterocycles. The lowest BCUT2D eigenvalue weighted by Crippen LogP contribution is -2.29. The molecule has 1 amide bonds. The maximum Gasteiger partial charge on any atom is 0.270 e. The van der Waals surface area contributed by atoms with E-state index in [4.69, 9.17) is 4.74 Å². The zero-order valence-corrected chi connectivity index (χ0v) is 15.4. The molecule has 0 aromatic carbocycles. The van der Waals surface area contributed by atoms with Gasteiger partial charge in [-0.2, -0.15) is 5.10 Å². The lowest BCUT2D eigenvalue weighted by molar-refractivity contribution is 0.0932. The van der Waals surface area contributed by atoms with Crippen molar-refractivity contribution in [3.63, 3.8) is 0 Å². The Hall–Kier alpha value is -2.81. The van der Waals surface area contributed by atoms with Crippen LogP contribution in [0.3, 0.4) is 0 Å². The number of hydrogen-bond acceptors (Lipinski definition) is 6. The Balaban J connectivity index is 1.74. The van der Waals surface area contributed by atoms with E-state index in [1.165, 1.54) is 0 Å². The Kier molecular flexibility index (Phi) is 5.27. The molecule has 0 radical (unpaired) electrons. The average molecular weight is 357 g/mol. The van der Waals surface area contributed by atoms with Crippen molar-refractivity contribution < 1.29 is 9.53 Å². The second-order valence-electron chi connectivity index (χ2n) is 6.26. The van der Waals surface area contributed by atoms with Crippen molar-refractivity contribution in [3.8, 4) is 0 Å². The minimum Gasteiger partial charge on any atom is -0.385 e. The summed E-state index contributed by atoms with van der Waals surface area (Å²) in [6, 6.07) is 3.28. The Labute approximate surface area is 151 Å². The molecule has 0 saturated heterocycles. The number of carbonyl (C=O) groups is 1. The van der Waals surface area contributed by atoms with Gasteiger partial charge in [0, 0.05) is 32.0 Å². The van der Waals surface area contributed by atoms with Crippen LogP contribution in [0.2, 0.25) is 0 Å². The maximum absolute atomic E-state index is 12.6. The summed E-state index contributed by atoms with van der Waals surface area (Å²) in [5.74, 6) is 0.445. The van der Waals surface area contributed by atoms with Crippen LogP contribution >= 0.6 is 0 Å². The quantitative estimate of drug-likeness (QED) is 0.643. The molecule has 0 aliphatic carbocycles. The van der Waals surface area contributed by atoms with E-state index < -0.39 is 0 Å². The van der Waals surface area contributed by atoms with Crippen molar-refractivity contribution in [2.75, 3.05) is 13.7 Å². The monoisotopic (exact) mass is 357 g/mol. The van der Waals surface area contributed by atoms with E-state index in [0.29, 0.717) is 23.8 Å². The number of amides is 1. The molecule has 0 fully saturated rings. The van der Waals surface area contributed by atoms with E-state index >= 15 is 0 Å². The van der Waals surface area contributed by atoms with Gasteiger partial charge in [-0.25, -0.2) is 9.50 Å². The molecule has 1 atom stereocenters. The van der Waals surface area contributed by atoms with Crippen molar-refractivity contribution >= 4 is 11.6 Å². The molecule has 1 N–H and O–H groups in total. The number of hydrogen-bond donors (Lipinski definition) is 1. The molecule has 0 aliphatic rings. The largest absolute Gasteiger partial charge is 0.385 e. The highest BCUT2D eigenvalue weighted by Crippen LogP contribution is 2.13. The summed E-state index contributed by atoms with van der Waals surface area (Å²) < 4.78 is 8.72. The SMILES string of the molecule is COCCCn1cnnc1C(C)NC(=O)c1cc(C)n2nc(C)cc2n1. The standard InChI is InChI=1S/C17H23N7O2/c1-11-8-15-20-14(9-12(2)24(15)22-11)17(25)19-13(3)16-21-18-10-23(16)6-5-7-26-4/h8-10,13H,5-7H2,1-4H3,(H,19,25). The minimum atomic E-state index is -0.294. The number of aryl methyl sites for hydroxylation is 3. The van der Waals surface area contributed by atoms with Gasteiger partial charge in [-0.1, -0.05) is 0 Å². The zero-order chi connectivity index (χ0) is 18.7. The molecule has 9 nitrogen and oxygen atoms in total. The molecule has 26 heavy (non-hydrogen) atoms. The smallest absolute Gasteiger partial charge is 0.270 e. The number of methoxy groups -OCH3 is 1. The first-order valence-electron chi connectivity index (χ1n) is 8.51. The molecular weight excluding hydrogens is 334 g/mol. The van der Waals surface area contributed by atoms with Crippen LogP contribution < -0.4 is 5.32 Å². The molecule has 0 spiro atoms. The van der Waals surface area contributed by atoms with Crippen molar-refractivity contribution in [1.82, 2.24) is 34.7 Å². The van der Waals surface area contributed by atoms with Crippen LogP contribution in [-0.2, 0) is 11.3 Å². The second-order valence-corrected chi connectivity index (χ2v) is 6.26. The molecular formula is C17H23N7O2. The zero-order valence-electron chi connectivity index (χ0n) is 15.4. The molecule has 0 saturated carbocycles. The number of ether oxygens (including phenoxy) is 1. The Morgan fingerprint density at radius 2 is 2.15 bits per heavy atom. The van der Waals surface area contributed by atoms with Gasteiger partial charge in [-0.3, -0.25) is 4.79 Å². The predicted molar refractivity (Wildman–Crippen MR) is 94.9 cm³/mol. The van der Waals surface area contributed by atoms with Gasteiger partial charge in [-0.05, 0) is 33.3 Å². The lowest BCUT2D eigenvalue weighted by Gasteiger charge is -2.15. The van der Waals surface area contributed by atoms with E-state index in [9.17, 15) is 4.79 Å². The highest BCUT2D eigenvalue weighted by Gasteiger charge is 2.18. The van der Waals surface area contributed by atoms with Crippen LogP contribution in [0.5, 0.6) is 0 Å². The van der Waals surface area contributed by atoms with Crippen LogP contribution in [0.25, 0.3) is 5.65 Å². The number of nitrogens with one attached hydrogen (secondary N) is 1. The third kappa shape index (κ3) is 3.72. The summed E-state index contributed by atoms with van der Waals surface area (Å²) in [7, 11) is 1.67. The van der Waals surface area contributed by atoms with Gasteiger partial charge in [0.2, 0.25) is 0 Å². The fourth-order valence-electron chi connectivity index (χ4n) is 2.84. The first kappa shape index (κ1) is 18.0. The van der Waals surface area contributed by atoms with E-state index in [1.54, 1.807) is 24.0 Å². The number of carbonyl (C=O) groups excluding carboxylic acids is 1. The summed E-state index contributed by atoms with van der Waals surface area (Å²) in [6.07, 6.45) is 2.51. The average Bonchev–Trinajstić information content (AvgIpc) is 3.21. The van der Waals surface area contributed by atoms with E-state index in [1.807, 2.05) is 31.4 Å². The summed E-state index contributed by atoms with van der Waals surface area (Å²) in [4.78, 5) is 17.0. The first-order chi connectivity index (χ1) is 12.5. The Morgan fingerprint density at radius 3 is 2.92 bits per heavy atom. The fourth-order valence-corrected chi connectivity index (χ4v) is 2.84. The third-order valence-electron chi connectivity index (χ3n) is 4.09. The van der Waals surface area contributed by atoms with Crippen LogP contribution in [0.1, 0.15) is 47.1 Å². The Morgan fingerprint density at radius 1 is 1.35 bits per heavy atom. The number of aromatic nitrogens is 6. The number of rotatable bonds is 7.